The van der Waals surface area contributed by atoms with Gasteiger partial charge >= 0.3 is 6.18 Å². The van der Waals surface area contributed by atoms with Gasteiger partial charge in [-0.05, 0) is 25.7 Å². The summed E-state index contributed by atoms with van der Waals surface area (Å²) in [4.78, 5) is 5.96. The van der Waals surface area contributed by atoms with E-state index in [0.717, 1.165) is 37.8 Å². The second-order valence-electron chi connectivity index (χ2n) is 5.97. The summed E-state index contributed by atoms with van der Waals surface area (Å²) >= 11 is 0. The van der Waals surface area contributed by atoms with E-state index in [1.54, 1.807) is 0 Å². The molecule has 1 aliphatic heterocycles. The van der Waals surface area contributed by atoms with Crippen LogP contribution in [0.25, 0.3) is 0 Å². The highest BCUT2D eigenvalue weighted by Crippen LogP contribution is 2.32. The van der Waals surface area contributed by atoms with Gasteiger partial charge in [0.1, 0.15) is 0 Å². The fourth-order valence-corrected chi connectivity index (χ4v) is 2.63. The number of hydrogen-bond donors (Lipinski definition) is 2. The number of rotatable bonds is 6. The largest absolute Gasteiger partial charge is 0.401 e. The molecule has 2 rings (SSSR count). The molecular formula is C14H26F3IN4. The van der Waals surface area contributed by atoms with Crippen LogP contribution in [0.2, 0.25) is 0 Å². The van der Waals surface area contributed by atoms with Crippen LogP contribution >= 0.6 is 24.0 Å². The Morgan fingerprint density at radius 2 is 2.00 bits per heavy atom. The van der Waals surface area contributed by atoms with Gasteiger partial charge in [0, 0.05) is 32.2 Å². The van der Waals surface area contributed by atoms with Crippen molar-refractivity contribution in [3.05, 3.63) is 0 Å². The summed E-state index contributed by atoms with van der Waals surface area (Å²) in [7, 11) is 0. The lowest BCUT2D eigenvalue weighted by Gasteiger charge is -2.19. The molecule has 0 aromatic heterocycles. The predicted octanol–water partition coefficient (Wildman–Crippen LogP) is 2.60. The van der Waals surface area contributed by atoms with Gasteiger partial charge in [0.15, 0.2) is 5.96 Å². The smallest absolute Gasteiger partial charge is 0.357 e. The van der Waals surface area contributed by atoms with Crippen molar-refractivity contribution in [2.24, 2.45) is 10.9 Å². The first-order valence-electron chi connectivity index (χ1n) is 7.80. The first-order valence-corrected chi connectivity index (χ1v) is 7.80. The molecule has 1 heterocycles. The Labute approximate surface area is 147 Å². The summed E-state index contributed by atoms with van der Waals surface area (Å²) in [6.07, 6.45) is 0.353. The van der Waals surface area contributed by atoms with Crippen molar-refractivity contribution in [1.82, 2.24) is 15.5 Å². The van der Waals surface area contributed by atoms with E-state index < -0.39 is 12.7 Å². The molecule has 2 aliphatic rings. The maximum Gasteiger partial charge on any atom is 0.401 e. The Bertz CT molecular complexity index is 358. The van der Waals surface area contributed by atoms with Gasteiger partial charge in [-0.2, -0.15) is 13.2 Å². The van der Waals surface area contributed by atoms with Gasteiger partial charge in [-0.3, -0.25) is 9.89 Å². The van der Waals surface area contributed by atoms with E-state index in [9.17, 15) is 13.2 Å². The molecule has 130 valence electrons. The minimum Gasteiger partial charge on any atom is -0.357 e. The van der Waals surface area contributed by atoms with Gasteiger partial charge < -0.3 is 10.6 Å². The summed E-state index contributed by atoms with van der Waals surface area (Å²) in [6, 6.07) is 0.0473. The minimum absolute atomic E-state index is 0. The van der Waals surface area contributed by atoms with Crippen LogP contribution in [0.1, 0.15) is 32.6 Å². The van der Waals surface area contributed by atoms with Crippen molar-refractivity contribution in [2.75, 3.05) is 32.7 Å². The predicted molar refractivity (Wildman–Crippen MR) is 92.8 cm³/mol. The average Bonchev–Trinajstić information content (AvgIpc) is 3.09. The standard InChI is InChI=1S/C14H25F3N4.HI/c1-2-18-13(19-7-5-11-3-4-11)20-12-6-8-21(9-12)10-14(15,16)17;/h11-12H,2-10H2,1H3,(H2,18,19,20);1H. The van der Waals surface area contributed by atoms with Crippen LogP contribution in [0, 0.1) is 5.92 Å². The van der Waals surface area contributed by atoms with E-state index in [-0.39, 0.29) is 30.0 Å². The van der Waals surface area contributed by atoms with Gasteiger partial charge in [0.2, 0.25) is 0 Å². The van der Waals surface area contributed by atoms with Crippen molar-refractivity contribution >= 4 is 29.9 Å². The first kappa shape index (κ1) is 19.8. The molecule has 0 radical (unpaired) electrons. The summed E-state index contributed by atoms with van der Waals surface area (Å²) < 4.78 is 37.1. The third-order valence-corrected chi connectivity index (χ3v) is 3.86. The molecule has 0 aromatic carbocycles. The summed E-state index contributed by atoms with van der Waals surface area (Å²) in [5.41, 5.74) is 0. The lowest BCUT2D eigenvalue weighted by molar-refractivity contribution is -0.143. The zero-order valence-corrected chi connectivity index (χ0v) is 15.3. The third kappa shape index (κ3) is 7.85. The minimum atomic E-state index is -4.11. The monoisotopic (exact) mass is 434 g/mol. The van der Waals surface area contributed by atoms with Crippen molar-refractivity contribution < 1.29 is 13.2 Å². The van der Waals surface area contributed by atoms with Gasteiger partial charge in [-0.25, -0.2) is 0 Å². The molecule has 8 heteroatoms. The molecule has 0 bridgehead atoms. The van der Waals surface area contributed by atoms with Crippen LogP contribution in [0.4, 0.5) is 13.2 Å². The summed E-state index contributed by atoms with van der Waals surface area (Å²) in [5.74, 6) is 1.57. The molecule has 4 nitrogen and oxygen atoms in total. The van der Waals surface area contributed by atoms with Crippen LogP contribution in [0.3, 0.4) is 0 Å². The number of likely N-dealkylation sites (tertiary alicyclic amines) is 1. The van der Waals surface area contributed by atoms with Crippen molar-refractivity contribution in [3.63, 3.8) is 0 Å². The summed E-state index contributed by atoms with van der Waals surface area (Å²) in [5, 5.41) is 6.42. The second-order valence-corrected chi connectivity index (χ2v) is 5.97. The Morgan fingerprint density at radius 3 is 2.59 bits per heavy atom. The number of nitrogens with zero attached hydrogens (tertiary/aromatic N) is 2. The van der Waals surface area contributed by atoms with Gasteiger partial charge in [0.25, 0.3) is 0 Å². The van der Waals surface area contributed by atoms with Crippen LogP contribution in [-0.2, 0) is 0 Å². The Balaban J connectivity index is 0.00000242. The number of aliphatic imine (C=N–C) groups is 1. The SMILES string of the molecule is CCNC(=NCCC1CC1)NC1CCN(CC(F)(F)F)C1.I. The van der Waals surface area contributed by atoms with Crippen molar-refractivity contribution in [3.8, 4) is 0 Å². The molecule has 1 atom stereocenters. The number of halogens is 4. The molecule has 2 N–H and O–H groups in total. The van der Waals surface area contributed by atoms with Crippen LogP contribution in [-0.4, -0.2) is 55.8 Å². The quantitative estimate of drug-likeness (QED) is 0.384. The maximum absolute atomic E-state index is 12.4. The van der Waals surface area contributed by atoms with E-state index in [1.807, 2.05) is 6.92 Å². The van der Waals surface area contributed by atoms with E-state index in [2.05, 4.69) is 15.6 Å². The van der Waals surface area contributed by atoms with Crippen LogP contribution in [0.15, 0.2) is 4.99 Å². The molecular weight excluding hydrogens is 408 g/mol. The highest BCUT2D eigenvalue weighted by Gasteiger charge is 2.34. The average molecular weight is 434 g/mol. The molecule has 0 amide bonds. The lowest BCUT2D eigenvalue weighted by atomic mass is 10.3. The Kier molecular flexibility index (Phi) is 8.23. The third-order valence-electron chi connectivity index (χ3n) is 3.86. The zero-order chi connectivity index (χ0) is 15.3. The van der Waals surface area contributed by atoms with Gasteiger partial charge in [0.05, 0.1) is 6.54 Å². The first-order chi connectivity index (χ1) is 9.96. The highest BCUT2D eigenvalue weighted by molar-refractivity contribution is 14.0. The fraction of sp³-hybridized carbons (Fsp3) is 0.929. The number of alkyl halides is 3. The molecule has 1 saturated carbocycles. The molecule has 2 fully saturated rings. The number of nitrogens with one attached hydrogen (secondary N) is 2. The lowest BCUT2D eigenvalue weighted by Crippen LogP contribution is -2.45. The maximum atomic E-state index is 12.4. The molecule has 1 aliphatic carbocycles. The van der Waals surface area contributed by atoms with E-state index in [1.165, 1.54) is 17.7 Å². The Hall–Kier alpha value is -0.250. The van der Waals surface area contributed by atoms with Crippen LogP contribution in [0.5, 0.6) is 0 Å². The van der Waals surface area contributed by atoms with Crippen molar-refractivity contribution in [2.45, 2.75) is 44.8 Å². The second kappa shape index (κ2) is 9.14. The highest BCUT2D eigenvalue weighted by atomic mass is 127. The summed E-state index contributed by atoms with van der Waals surface area (Å²) in [6.45, 7) is 3.63. The fourth-order valence-electron chi connectivity index (χ4n) is 2.63. The zero-order valence-electron chi connectivity index (χ0n) is 13.0. The topological polar surface area (TPSA) is 39.7 Å². The Morgan fingerprint density at radius 1 is 1.27 bits per heavy atom. The molecule has 22 heavy (non-hydrogen) atoms. The normalized spacial score (nSPS) is 23.3. The van der Waals surface area contributed by atoms with E-state index in [0.29, 0.717) is 13.1 Å². The number of hydrogen-bond acceptors (Lipinski definition) is 2. The molecule has 0 spiro atoms. The number of guanidine groups is 1. The molecule has 1 unspecified atom stereocenters. The van der Waals surface area contributed by atoms with Crippen molar-refractivity contribution in [1.29, 1.82) is 0 Å². The van der Waals surface area contributed by atoms with Gasteiger partial charge in [-0.15, -0.1) is 24.0 Å². The molecule has 0 aromatic rings. The van der Waals surface area contributed by atoms with E-state index in [4.69, 9.17) is 0 Å². The van der Waals surface area contributed by atoms with Gasteiger partial charge in [-0.1, -0.05) is 12.8 Å². The van der Waals surface area contributed by atoms with Crippen LogP contribution < -0.4 is 10.6 Å². The molecule has 1 saturated heterocycles. The van der Waals surface area contributed by atoms with E-state index >= 15 is 0 Å².